The number of ether oxygens (including phenoxy) is 1. The number of aliphatic hydroxyl groups excluding tert-OH is 1. The lowest BCUT2D eigenvalue weighted by Gasteiger charge is -2.26. The Morgan fingerprint density at radius 1 is 1.07 bits per heavy atom. The number of hydrogen-bond acceptors (Lipinski definition) is 6. The largest absolute Gasteiger partial charge is 0.444 e. The van der Waals surface area contributed by atoms with Crippen molar-refractivity contribution in [1.29, 1.82) is 0 Å². The van der Waals surface area contributed by atoms with Gasteiger partial charge in [0.2, 0.25) is 0 Å². The van der Waals surface area contributed by atoms with Crippen molar-refractivity contribution < 1.29 is 14.6 Å². The van der Waals surface area contributed by atoms with Gasteiger partial charge in [0, 0.05) is 12.2 Å². The lowest BCUT2D eigenvalue weighted by molar-refractivity contribution is 0.0925. The minimum absolute atomic E-state index is 0.151. The van der Waals surface area contributed by atoms with Crippen LogP contribution in [-0.2, 0) is 24.2 Å². The van der Waals surface area contributed by atoms with Gasteiger partial charge in [-0.3, -0.25) is 4.98 Å². The smallest absolute Gasteiger partial charge is 0.407 e. The number of alkyl carbamates (subject to hydrolysis) is 1. The summed E-state index contributed by atoms with van der Waals surface area (Å²) in [5, 5.41) is 13.7. The first-order valence-electron chi connectivity index (χ1n) is 9.92. The van der Waals surface area contributed by atoms with Crippen LogP contribution in [0, 0.1) is 0 Å². The number of aromatic nitrogens is 1. The molecule has 0 saturated carbocycles. The molecule has 1 amide bonds. The Labute approximate surface area is 180 Å². The van der Waals surface area contributed by atoms with E-state index < -0.39 is 18.2 Å². The average Bonchev–Trinajstić information content (AvgIpc) is 3.27. The van der Waals surface area contributed by atoms with Crippen molar-refractivity contribution in [2.45, 2.75) is 44.1 Å². The maximum Gasteiger partial charge on any atom is 0.407 e. The van der Waals surface area contributed by atoms with E-state index in [0.29, 0.717) is 19.3 Å². The van der Waals surface area contributed by atoms with Crippen LogP contribution in [-0.4, -0.2) is 34.4 Å². The van der Waals surface area contributed by atoms with Crippen LogP contribution in [0.1, 0.15) is 22.4 Å². The van der Waals surface area contributed by atoms with Crippen molar-refractivity contribution in [3.05, 3.63) is 88.4 Å². The first-order chi connectivity index (χ1) is 14.6. The molecule has 1 aromatic heterocycles. The minimum Gasteiger partial charge on any atom is -0.444 e. The molecule has 6 nitrogen and oxygen atoms in total. The van der Waals surface area contributed by atoms with Gasteiger partial charge in [0.25, 0.3) is 0 Å². The number of hydrogen-bond donors (Lipinski definition) is 3. The van der Waals surface area contributed by atoms with Gasteiger partial charge in [-0.1, -0.05) is 60.7 Å². The molecular weight excluding hydrogens is 398 g/mol. The summed E-state index contributed by atoms with van der Waals surface area (Å²) in [6.45, 7) is 0.151. The third-order valence-corrected chi connectivity index (χ3v) is 5.53. The van der Waals surface area contributed by atoms with E-state index in [2.05, 4.69) is 10.3 Å². The number of thiazole rings is 1. The Balaban J connectivity index is 1.59. The Morgan fingerprint density at radius 2 is 1.70 bits per heavy atom. The fourth-order valence-corrected chi connectivity index (χ4v) is 3.77. The Hall–Kier alpha value is -2.74. The van der Waals surface area contributed by atoms with Crippen molar-refractivity contribution in [3.8, 4) is 0 Å². The third-order valence-electron chi connectivity index (χ3n) is 4.78. The van der Waals surface area contributed by atoms with Gasteiger partial charge >= 0.3 is 6.09 Å². The van der Waals surface area contributed by atoms with Crippen LogP contribution in [0.3, 0.4) is 0 Å². The van der Waals surface area contributed by atoms with Crippen molar-refractivity contribution in [3.63, 3.8) is 0 Å². The van der Waals surface area contributed by atoms with Crippen molar-refractivity contribution in [2.75, 3.05) is 0 Å². The maximum atomic E-state index is 12.3. The van der Waals surface area contributed by atoms with Crippen molar-refractivity contribution >= 4 is 17.4 Å². The molecule has 0 radical (unpaired) electrons. The lowest BCUT2D eigenvalue weighted by Crippen LogP contribution is -2.47. The van der Waals surface area contributed by atoms with Crippen LogP contribution in [0.15, 0.2) is 72.4 Å². The fourth-order valence-electron chi connectivity index (χ4n) is 3.27. The standard InChI is InChI=1S/C23H27N3O3S/c24-19(11-17-7-3-1-4-8-17)13-22(27)21(12-18-9-5-2-6-10-18)26-23(28)29-15-20-14-25-16-30-20/h1-10,14,16,19,21-22,27H,11-13,15,24H2,(H,26,28)/t19-,21+,22-/m0/s1. The molecule has 2 aromatic carbocycles. The molecule has 0 aliphatic carbocycles. The van der Waals surface area contributed by atoms with Crippen LogP contribution in [0.2, 0.25) is 0 Å². The molecule has 0 unspecified atom stereocenters. The minimum atomic E-state index is -0.806. The number of amides is 1. The molecule has 7 heteroatoms. The monoisotopic (exact) mass is 425 g/mol. The summed E-state index contributed by atoms with van der Waals surface area (Å²) in [5.41, 5.74) is 10.1. The zero-order valence-corrected chi connectivity index (χ0v) is 17.5. The highest BCUT2D eigenvalue weighted by Gasteiger charge is 2.24. The molecule has 3 aromatic rings. The van der Waals surface area contributed by atoms with Gasteiger partial charge in [-0.25, -0.2) is 4.79 Å². The van der Waals surface area contributed by atoms with Crippen LogP contribution >= 0.6 is 11.3 Å². The predicted molar refractivity (Wildman–Crippen MR) is 118 cm³/mol. The van der Waals surface area contributed by atoms with E-state index in [4.69, 9.17) is 10.5 Å². The quantitative estimate of drug-likeness (QED) is 0.463. The molecule has 0 fully saturated rings. The average molecular weight is 426 g/mol. The Morgan fingerprint density at radius 3 is 2.30 bits per heavy atom. The van der Waals surface area contributed by atoms with E-state index in [1.165, 1.54) is 11.3 Å². The topological polar surface area (TPSA) is 97.5 Å². The molecule has 3 rings (SSSR count). The lowest BCUT2D eigenvalue weighted by atomic mass is 9.94. The third kappa shape index (κ3) is 7.26. The molecule has 4 N–H and O–H groups in total. The van der Waals surface area contributed by atoms with Gasteiger partial charge in [-0.2, -0.15) is 0 Å². The normalized spacial score (nSPS) is 13.9. The number of nitrogens with zero attached hydrogens (tertiary/aromatic N) is 1. The van der Waals surface area contributed by atoms with Crippen LogP contribution in [0.25, 0.3) is 0 Å². The maximum absolute atomic E-state index is 12.3. The molecule has 1 heterocycles. The summed E-state index contributed by atoms with van der Waals surface area (Å²) in [7, 11) is 0. The summed E-state index contributed by atoms with van der Waals surface area (Å²) in [6.07, 6.45) is 1.79. The number of benzene rings is 2. The SMILES string of the molecule is N[C@@H](Cc1ccccc1)C[C@H](O)[C@@H](Cc1ccccc1)NC(=O)OCc1cncs1. The summed E-state index contributed by atoms with van der Waals surface area (Å²) >= 11 is 1.42. The predicted octanol–water partition coefficient (Wildman–Crippen LogP) is 3.30. The number of carbonyl (C=O) groups excluding carboxylic acids is 1. The highest BCUT2D eigenvalue weighted by atomic mass is 32.1. The molecule has 0 aliphatic rings. The number of carbonyl (C=O) groups is 1. The second kappa shape index (κ2) is 11.4. The van der Waals surface area contributed by atoms with E-state index in [0.717, 1.165) is 16.0 Å². The molecule has 158 valence electrons. The van der Waals surface area contributed by atoms with E-state index in [-0.39, 0.29) is 12.6 Å². The summed E-state index contributed by atoms with van der Waals surface area (Å²) in [5.74, 6) is 0. The van der Waals surface area contributed by atoms with Crippen LogP contribution in [0.5, 0.6) is 0 Å². The number of nitrogens with two attached hydrogens (primary N) is 1. The van der Waals surface area contributed by atoms with Crippen molar-refractivity contribution in [2.24, 2.45) is 5.73 Å². The van der Waals surface area contributed by atoms with E-state index in [1.807, 2.05) is 60.7 Å². The second-order valence-electron chi connectivity index (χ2n) is 7.24. The molecule has 0 aliphatic heterocycles. The Bertz CT molecular complexity index is 875. The summed E-state index contributed by atoms with van der Waals surface area (Å²) < 4.78 is 5.28. The number of aliphatic hydroxyl groups is 1. The molecule has 0 spiro atoms. The van der Waals surface area contributed by atoms with E-state index >= 15 is 0 Å². The van der Waals surface area contributed by atoms with Gasteiger partial charge in [-0.05, 0) is 30.4 Å². The van der Waals surface area contributed by atoms with Gasteiger partial charge < -0.3 is 20.9 Å². The number of nitrogens with one attached hydrogen (secondary N) is 1. The van der Waals surface area contributed by atoms with Gasteiger partial charge in [-0.15, -0.1) is 11.3 Å². The zero-order valence-electron chi connectivity index (χ0n) is 16.7. The summed E-state index contributed by atoms with van der Waals surface area (Å²) in [4.78, 5) is 17.2. The molecule has 0 bridgehead atoms. The first-order valence-corrected chi connectivity index (χ1v) is 10.8. The molecule has 3 atom stereocenters. The number of rotatable bonds is 10. The molecule has 0 saturated heterocycles. The van der Waals surface area contributed by atoms with E-state index in [9.17, 15) is 9.90 Å². The first kappa shape index (κ1) is 22.0. The zero-order chi connectivity index (χ0) is 21.2. The van der Waals surface area contributed by atoms with Crippen LogP contribution < -0.4 is 11.1 Å². The van der Waals surface area contributed by atoms with Gasteiger partial charge in [0.05, 0.1) is 22.5 Å². The van der Waals surface area contributed by atoms with Crippen molar-refractivity contribution in [1.82, 2.24) is 10.3 Å². The second-order valence-corrected chi connectivity index (χ2v) is 8.21. The molecular formula is C23H27N3O3S. The highest BCUT2D eigenvalue weighted by molar-refractivity contribution is 7.09. The Kier molecular flexibility index (Phi) is 8.38. The van der Waals surface area contributed by atoms with E-state index in [1.54, 1.807) is 11.7 Å². The highest BCUT2D eigenvalue weighted by Crippen LogP contribution is 2.13. The molecule has 30 heavy (non-hydrogen) atoms. The van der Waals surface area contributed by atoms with Crippen LogP contribution in [0.4, 0.5) is 4.79 Å². The summed E-state index contributed by atoms with van der Waals surface area (Å²) in [6, 6.07) is 18.9. The van der Waals surface area contributed by atoms with Gasteiger partial charge in [0.15, 0.2) is 0 Å². The van der Waals surface area contributed by atoms with Gasteiger partial charge in [0.1, 0.15) is 6.61 Å². The fraction of sp³-hybridized carbons (Fsp3) is 0.304.